The minimum absolute atomic E-state index is 0.0360. The lowest BCUT2D eigenvalue weighted by Crippen LogP contribution is -2.39. The van der Waals surface area contributed by atoms with Crippen LogP contribution in [0.3, 0.4) is 0 Å². The van der Waals surface area contributed by atoms with E-state index in [1.54, 1.807) is 18.3 Å². The maximum Gasteiger partial charge on any atom is 0.272 e. The zero-order valence-corrected chi connectivity index (χ0v) is 14.2. The summed E-state index contributed by atoms with van der Waals surface area (Å²) in [5.74, 6) is 0.0360. The van der Waals surface area contributed by atoms with E-state index in [4.69, 9.17) is 0 Å². The number of aryl methyl sites for hydroxylation is 1. The first-order valence-electron chi connectivity index (χ1n) is 8.07. The molecule has 1 amide bonds. The van der Waals surface area contributed by atoms with Crippen molar-refractivity contribution in [2.45, 2.75) is 32.2 Å². The van der Waals surface area contributed by atoms with Crippen LogP contribution in [0.4, 0.5) is 0 Å². The van der Waals surface area contributed by atoms with E-state index in [-0.39, 0.29) is 17.5 Å². The van der Waals surface area contributed by atoms with Crippen LogP contribution in [0.5, 0.6) is 0 Å². The highest BCUT2D eigenvalue weighted by molar-refractivity contribution is 7.12. The van der Waals surface area contributed by atoms with Gasteiger partial charge in [0.1, 0.15) is 0 Å². The van der Waals surface area contributed by atoms with Gasteiger partial charge in [0.15, 0.2) is 5.65 Å². The maximum absolute atomic E-state index is 12.9. The number of piperidine rings is 1. The molecule has 1 fully saturated rings. The van der Waals surface area contributed by atoms with Gasteiger partial charge in [0.25, 0.3) is 11.5 Å². The smallest absolute Gasteiger partial charge is 0.272 e. The fraction of sp³-hybridized carbons (Fsp3) is 0.353. The molecule has 0 radical (unpaired) electrons. The van der Waals surface area contributed by atoms with E-state index >= 15 is 0 Å². The van der Waals surface area contributed by atoms with Crippen LogP contribution in [0.15, 0.2) is 34.6 Å². The van der Waals surface area contributed by atoms with Crippen molar-refractivity contribution in [1.29, 1.82) is 0 Å². The molecule has 0 bridgehead atoms. The molecule has 1 aliphatic heterocycles. The van der Waals surface area contributed by atoms with Crippen LogP contribution in [0.1, 0.15) is 46.2 Å². The summed E-state index contributed by atoms with van der Waals surface area (Å²) in [4.78, 5) is 32.4. The van der Waals surface area contributed by atoms with E-state index in [0.717, 1.165) is 29.7 Å². The average Bonchev–Trinajstić information content (AvgIpc) is 3.23. The van der Waals surface area contributed by atoms with Gasteiger partial charge in [0.05, 0.1) is 16.6 Å². The third kappa shape index (κ3) is 2.54. The van der Waals surface area contributed by atoms with Crippen molar-refractivity contribution < 1.29 is 4.79 Å². The quantitative estimate of drug-likeness (QED) is 0.778. The number of fused-ring (bicyclic) bond motifs is 1. The minimum Gasteiger partial charge on any atom is -0.329 e. The van der Waals surface area contributed by atoms with Crippen LogP contribution >= 0.6 is 11.3 Å². The van der Waals surface area contributed by atoms with E-state index in [9.17, 15) is 9.59 Å². The van der Waals surface area contributed by atoms with E-state index in [1.165, 1.54) is 15.9 Å². The van der Waals surface area contributed by atoms with E-state index in [2.05, 4.69) is 10.1 Å². The zero-order valence-electron chi connectivity index (χ0n) is 13.4. The summed E-state index contributed by atoms with van der Waals surface area (Å²) in [6, 6.07) is 5.10. The molecule has 24 heavy (non-hydrogen) atoms. The van der Waals surface area contributed by atoms with Crippen LogP contribution in [0.2, 0.25) is 0 Å². The Labute approximate surface area is 142 Å². The van der Waals surface area contributed by atoms with E-state index < -0.39 is 0 Å². The SMILES string of the molecule is Cc1csc(C(=O)N2CCCC[C@H]2c2cc(=O)n3[nH]ccc3n2)c1. The number of nitrogens with one attached hydrogen (secondary N) is 1. The Morgan fingerprint density at radius 3 is 3.04 bits per heavy atom. The largest absolute Gasteiger partial charge is 0.329 e. The zero-order chi connectivity index (χ0) is 16.7. The van der Waals surface area contributed by atoms with Crippen molar-refractivity contribution in [3.05, 3.63) is 56.3 Å². The van der Waals surface area contributed by atoms with E-state index in [1.807, 2.05) is 23.3 Å². The fourth-order valence-corrected chi connectivity index (χ4v) is 4.14. The number of thiophene rings is 1. The molecular formula is C17H18N4O2S. The summed E-state index contributed by atoms with van der Waals surface area (Å²) in [5.41, 5.74) is 2.22. The highest BCUT2D eigenvalue weighted by Crippen LogP contribution is 2.31. The van der Waals surface area contributed by atoms with Gasteiger partial charge in [-0.3, -0.25) is 14.7 Å². The number of likely N-dealkylation sites (tertiary alicyclic amines) is 1. The third-order valence-corrected chi connectivity index (χ3v) is 5.48. The summed E-state index contributed by atoms with van der Waals surface area (Å²) in [5, 5.41) is 4.83. The second kappa shape index (κ2) is 5.90. The molecule has 1 atom stereocenters. The van der Waals surface area contributed by atoms with Crippen LogP contribution < -0.4 is 5.56 Å². The molecule has 1 saturated heterocycles. The first kappa shape index (κ1) is 15.1. The number of aromatic amines is 1. The van der Waals surface area contributed by atoms with Crippen LogP contribution in [-0.4, -0.2) is 31.9 Å². The number of hydrogen-bond acceptors (Lipinski definition) is 4. The molecule has 0 aliphatic carbocycles. The van der Waals surface area contributed by atoms with Gasteiger partial charge in [-0.2, -0.15) is 0 Å². The topological polar surface area (TPSA) is 70.5 Å². The lowest BCUT2D eigenvalue weighted by atomic mass is 9.98. The Hall–Kier alpha value is -2.41. The lowest BCUT2D eigenvalue weighted by Gasteiger charge is -2.35. The van der Waals surface area contributed by atoms with Crippen molar-refractivity contribution in [2.75, 3.05) is 6.54 Å². The molecular weight excluding hydrogens is 324 g/mol. The molecule has 1 aliphatic rings. The Balaban J connectivity index is 1.73. The minimum atomic E-state index is -0.148. The number of amides is 1. The van der Waals surface area contributed by atoms with Crippen LogP contribution in [0, 0.1) is 6.92 Å². The number of carbonyl (C=O) groups excluding carboxylic acids is 1. The van der Waals surface area contributed by atoms with Gasteiger partial charge in [-0.05, 0) is 43.2 Å². The molecule has 0 unspecified atom stereocenters. The van der Waals surface area contributed by atoms with Crippen molar-refractivity contribution >= 4 is 22.9 Å². The molecule has 4 rings (SSSR count). The van der Waals surface area contributed by atoms with Gasteiger partial charge in [-0.1, -0.05) is 0 Å². The molecule has 0 spiro atoms. The van der Waals surface area contributed by atoms with Crippen molar-refractivity contribution in [2.24, 2.45) is 0 Å². The van der Waals surface area contributed by atoms with Gasteiger partial charge in [-0.25, -0.2) is 9.50 Å². The van der Waals surface area contributed by atoms with Crippen molar-refractivity contribution in [3.8, 4) is 0 Å². The molecule has 3 aromatic heterocycles. The standard InChI is InChI=1S/C17H18N4O2S/c1-11-8-14(24-10-11)17(23)20-7-3-2-4-13(20)12-9-16(22)21-15(19-12)5-6-18-21/h5-6,8-10,13,18H,2-4,7H2,1H3/t13-/m0/s1. The summed E-state index contributed by atoms with van der Waals surface area (Å²) >= 11 is 1.47. The summed E-state index contributed by atoms with van der Waals surface area (Å²) in [7, 11) is 0. The Morgan fingerprint density at radius 1 is 1.38 bits per heavy atom. The number of H-pyrrole nitrogens is 1. The second-order valence-corrected chi connectivity index (χ2v) is 7.08. The Kier molecular flexibility index (Phi) is 3.72. The summed E-state index contributed by atoms with van der Waals surface area (Å²) < 4.78 is 1.40. The first-order chi connectivity index (χ1) is 11.6. The Bertz CT molecular complexity index is 955. The molecule has 1 N–H and O–H groups in total. The normalized spacial score (nSPS) is 18.2. The number of nitrogens with zero attached hydrogens (tertiary/aromatic N) is 3. The van der Waals surface area contributed by atoms with Crippen LogP contribution in [0.25, 0.3) is 5.65 Å². The predicted octanol–water partition coefficient (Wildman–Crippen LogP) is 2.76. The maximum atomic E-state index is 12.9. The number of carbonyl (C=O) groups is 1. The van der Waals surface area contributed by atoms with Gasteiger partial charge >= 0.3 is 0 Å². The average molecular weight is 342 g/mol. The molecule has 7 heteroatoms. The van der Waals surface area contributed by atoms with Crippen molar-refractivity contribution in [1.82, 2.24) is 19.5 Å². The second-order valence-electron chi connectivity index (χ2n) is 6.17. The highest BCUT2D eigenvalue weighted by Gasteiger charge is 2.30. The van der Waals surface area contributed by atoms with E-state index in [0.29, 0.717) is 17.9 Å². The summed E-state index contributed by atoms with van der Waals surface area (Å²) in [6.07, 6.45) is 4.54. The van der Waals surface area contributed by atoms with Gasteiger partial charge < -0.3 is 4.90 Å². The van der Waals surface area contributed by atoms with Gasteiger partial charge in [0.2, 0.25) is 0 Å². The molecule has 3 aromatic rings. The first-order valence-corrected chi connectivity index (χ1v) is 8.94. The van der Waals surface area contributed by atoms with Crippen molar-refractivity contribution in [3.63, 3.8) is 0 Å². The number of rotatable bonds is 2. The summed E-state index contributed by atoms with van der Waals surface area (Å²) in [6.45, 7) is 2.69. The van der Waals surface area contributed by atoms with Gasteiger partial charge in [-0.15, -0.1) is 11.3 Å². The van der Waals surface area contributed by atoms with Crippen LogP contribution in [-0.2, 0) is 0 Å². The predicted molar refractivity (Wildman–Crippen MR) is 92.5 cm³/mol. The molecule has 124 valence electrons. The fourth-order valence-electron chi connectivity index (χ4n) is 3.28. The van der Waals surface area contributed by atoms with Gasteiger partial charge in [0, 0.05) is 24.9 Å². The monoisotopic (exact) mass is 342 g/mol. The molecule has 0 saturated carbocycles. The molecule has 6 nitrogen and oxygen atoms in total. The highest BCUT2D eigenvalue weighted by atomic mass is 32.1. The molecule has 4 heterocycles. The third-order valence-electron chi connectivity index (χ3n) is 4.45. The lowest BCUT2D eigenvalue weighted by molar-refractivity contribution is 0.0611. The number of hydrogen-bond donors (Lipinski definition) is 1. The number of aromatic nitrogens is 3. The molecule has 0 aromatic carbocycles. The Morgan fingerprint density at radius 2 is 2.25 bits per heavy atom.